The SMILES string of the molecule is CSc1ccc(OCc2nnc(-c3ccc(C)cc3O)o2)cc1. The molecular weight excluding hydrogens is 312 g/mol. The molecule has 1 aromatic heterocycles. The van der Waals surface area contributed by atoms with Gasteiger partial charge < -0.3 is 14.3 Å². The van der Waals surface area contributed by atoms with Gasteiger partial charge in [-0.05, 0) is 55.1 Å². The molecule has 3 aromatic rings. The summed E-state index contributed by atoms with van der Waals surface area (Å²) in [6.45, 7) is 2.08. The van der Waals surface area contributed by atoms with Crippen molar-refractivity contribution in [3.05, 3.63) is 53.9 Å². The summed E-state index contributed by atoms with van der Waals surface area (Å²) in [5.74, 6) is 1.49. The molecule has 0 amide bonds. The van der Waals surface area contributed by atoms with Crippen molar-refractivity contribution in [2.45, 2.75) is 18.4 Å². The first-order valence-electron chi connectivity index (χ1n) is 7.05. The molecule has 0 aliphatic rings. The van der Waals surface area contributed by atoms with Gasteiger partial charge in [-0.1, -0.05) is 6.07 Å². The van der Waals surface area contributed by atoms with E-state index in [-0.39, 0.29) is 18.2 Å². The van der Waals surface area contributed by atoms with Crippen molar-refractivity contribution in [1.29, 1.82) is 0 Å². The van der Waals surface area contributed by atoms with Gasteiger partial charge in [0.05, 0.1) is 5.56 Å². The maximum Gasteiger partial charge on any atom is 0.254 e. The van der Waals surface area contributed by atoms with Crippen LogP contribution in [0.3, 0.4) is 0 Å². The van der Waals surface area contributed by atoms with Crippen LogP contribution >= 0.6 is 11.8 Å². The summed E-state index contributed by atoms with van der Waals surface area (Å²) < 4.78 is 11.2. The normalized spacial score (nSPS) is 10.7. The van der Waals surface area contributed by atoms with Crippen LogP contribution in [0.15, 0.2) is 51.8 Å². The zero-order chi connectivity index (χ0) is 16.2. The highest BCUT2D eigenvalue weighted by Gasteiger charge is 2.13. The Balaban J connectivity index is 1.69. The molecule has 0 spiro atoms. The lowest BCUT2D eigenvalue weighted by Gasteiger charge is -2.04. The average Bonchev–Trinajstić information content (AvgIpc) is 3.02. The highest BCUT2D eigenvalue weighted by molar-refractivity contribution is 7.98. The molecule has 0 radical (unpaired) electrons. The average molecular weight is 328 g/mol. The second-order valence-corrected chi connectivity index (χ2v) is 5.87. The molecule has 1 N–H and O–H groups in total. The van der Waals surface area contributed by atoms with Gasteiger partial charge >= 0.3 is 0 Å². The minimum Gasteiger partial charge on any atom is -0.507 e. The molecular formula is C17H16N2O3S. The monoisotopic (exact) mass is 328 g/mol. The lowest BCUT2D eigenvalue weighted by molar-refractivity contribution is 0.264. The first-order valence-corrected chi connectivity index (χ1v) is 8.27. The predicted octanol–water partition coefficient (Wildman–Crippen LogP) is 4.05. The van der Waals surface area contributed by atoms with E-state index in [1.54, 1.807) is 23.9 Å². The highest BCUT2D eigenvalue weighted by Crippen LogP contribution is 2.29. The van der Waals surface area contributed by atoms with Crippen molar-refractivity contribution in [1.82, 2.24) is 10.2 Å². The van der Waals surface area contributed by atoms with E-state index in [9.17, 15) is 5.11 Å². The van der Waals surface area contributed by atoms with Crippen LogP contribution in [0, 0.1) is 6.92 Å². The van der Waals surface area contributed by atoms with E-state index in [1.165, 1.54) is 4.90 Å². The molecule has 6 heteroatoms. The van der Waals surface area contributed by atoms with Gasteiger partial charge in [0.15, 0.2) is 6.61 Å². The van der Waals surface area contributed by atoms with Gasteiger partial charge in [-0.15, -0.1) is 22.0 Å². The van der Waals surface area contributed by atoms with E-state index in [0.717, 1.165) is 11.3 Å². The lowest BCUT2D eigenvalue weighted by Crippen LogP contribution is -1.95. The molecule has 1 heterocycles. The summed E-state index contributed by atoms with van der Waals surface area (Å²) in [4.78, 5) is 1.17. The maximum atomic E-state index is 9.95. The molecule has 0 saturated carbocycles. The lowest BCUT2D eigenvalue weighted by atomic mass is 10.1. The molecule has 0 aliphatic carbocycles. The van der Waals surface area contributed by atoms with Crippen LogP contribution in [0.4, 0.5) is 0 Å². The fraction of sp³-hybridized carbons (Fsp3) is 0.176. The number of phenolic OH excluding ortho intramolecular Hbond substituents is 1. The minimum absolute atomic E-state index is 0.119. The number of ether oxygens (including phenoxy) is 1. The number of aromatic nitrogens is 2. The van der Waals surface area contributed by atoms with Crippen molar-refractivity contribution in [2.24, 2.45) is 0 Å². The van der Waals surface area contributed by atoms with Gasteiger partial charge in [0.1, 0.15) is 11.5 Å². The second-order valence-electron chi connectivity index (χ2n) is 4.99. The third-order valence-corrected chi connectivity index (χ3v) is 4.02. The summed E-state index contributed by atoms with van der Waals surface area (Å²) in [5.41, 5.74) is 1.47. The van der Waals surface area contributed by atoms with Gasteiger partial charge in [-0.3, -0.25) is 0 Å². The third kappa shape index (κ3) is 3.65. The van der Waals surface area contributed by atoms with Crippen LogP contribution in [0.5, 0.6) is 11.5 Å². The van der Waals surface area contributed by atoms with E-state index in [0.29, 0.717) is 11.5 Å². The molecule has 5 nitrogen and oxygen atoms in total. The quantitative estimate of drug-likeness (QED) is 0.713. The Bertz CT molecular complexity index is 800. The van der Waals surface area contributed by atoms with Gasteiger partial charge in [0, 0.05) is 4.90 Å². The van der Waals surface area contributed by atoms with E-state index >= 15 is 0 Å². The first-order chi connectivity index (χ1) is 11.2. The van der Waals surface area contributed by atoms with E-state index in [4.69, 9.17) is 9.15 Å². The number of hydrogen-bond acceptors (Lipinski definition) is 6. The largest absolute Gasteiger partial charge is 0.507 e. The van der Waals surface area contributed by atoms with Crippen LogP contribution in [-0.4, -0.2) is 21.6 Å². The summed E-state index contributed by atoms with van der Waals surface area (Å²) in [5, 5.41) is 17.9. The third-order valence-electron chi connectivity index (χ3n) is 3.27. The van der Waals surface area contributed by atoms with Crippen LogP contribution in [0.2, 0.25) is 0 Å². The Morgan fingerprint density at radius 1 is 1.13 bits per heavy atom. The molecule has 118 valence electrons. The Kier molecular flexibility index (Phi) is 4.52. The maximum absolute atomic E-state index is 9.95. The molecule has 3 rings (SSSR count). The summed E-state index contributed by atoms with van der Waals surface area (Å²) >= 11 is 1.68. The number of aromatic hydroxyl groups is 1. The molecule has 0 bridgehead atoms. The van der Waals surface area contributed by atoms with Crippen molar-refractivity contribution >= 4 is 11.8 Å². The van der Waals surface area contributed by atoms with Crippen molar-refractivity contribution < 1.29 is 14.3 Å². The summed E-state index contributed by atoms with van der Waals surface area (Å²) in [7, 11) is 0. The second kappa shape index (κ2) is 6.75. The number of hydrogen-bond donors (Lipinski definition) is 1. The van der Waals surface area contributed by atoms with E-state index < -0.39 is 0 Å². The van der Waals surface area contributed by atoms with Gasteiger partial charge in [0.2, 0.25) is 0 Å². The Morgan fingerprint density at radius 3 is 2.61 bits per heavy atom. The summed E-state index contributed by atoms with van der Waals surface area (Å²) in [6, 6.07) is 13.1. The van der Waals surface area contributed by atoms with Crippen LogP contribution in [-0.2, 0) is 6.61 Å². The number of aryl methyl sites for hydroxylation is 1. The highest BCUT2D eigenvalue weighted by atomic mass is 32.2. The predicted molar refractivity (Wildman–Crippen MR) is 88.7 cm³/mol. The van der Waals surface area contributed by atoms with Crippen molar-refractivity contribution in [3.8, 4) is 23.0 Å². The van der Waals surface area contributed by atoms with Crippen molar-refractivity contribution in [3.63, 3.8) is 0 Å². The molecule has 23 heavy (non-hydrogen) atoms. The molecule has 0 aliphatic heterocycles. The standard InChI is InChI=1S/C17H16N2O3S/c1-11-3-8-14(15(20)9-11)17-19-18-16(22-17)10-21-12-4-6-13(23-2)7-5-12/h3-9,20H,10H2,1-2H3. The smallest absolute Gasteiger partial charge is 0.254 e. The molecule has 0 unspecified atom stereocenters. The van der Waals surface area contributed by atoms with Crippen molar-refractivity contribution in [2.75, 3.05) is 6.26 Å². The van der Waals surface area contributed by atoms with E-state index in [1.807, 2.05) is 43.5 Å². The summed E-state index contributed by atoms with van der Waals surface area (Å²) in [6.07, 6.45) is 2.02. The number of phenols is 1. The van der Waals surface area contributed by atoms with Gasteiger partial charge in [0.25, 0.3) is 11.8 Å². The molecule has 0 saturated heterocycles. The molecule has 2 aromatic carbocycles. The number of rotatable bonds is 5. The first kappa shape index (κ1) is 15.4. The molecule has 0 atom stereocenters. The number of benzene rings is 2. The zero-order valence-corrected chi connectivity index (χ0v) is 13.6. The minimum atomic E-state index is 0.119. The Labute approximate surface area is 138 Å². The number of nitrogens with zero attached hydrogens (tertiary/aromatic N) is 2. The Hall–Kier alpha value is -2.47. The van der Waals surface area contributed by atoms with Crippen LogP contribution in [0.1, 0.15) is 11.5 Å². The zero-order valence-electron chi connectivity index (χ0n) is 12.8. The fourth-order valence-electron chi connectivity index (χ4n) is 2.06. The van der Waals surface area contributed by atoms with Crippen LogP contribution < -0.4 is 4.74 Å². The topological polar surface area (TPSA) is 68.4 Å². The Morgan fingerprint density at radius 2 is 1.91 bits per heavy atom. The molecule has 0 fully saturated rings. The van der Waals surface area contributed by atoms with E-state index in [2.05, 4.69) is 10.2 Å². The van der Waals surface area contributed by atoms with Gasteiger partial charge in [-0.2, -0.15) is 0 Å². The van der Waals surface area contributed by atoms with Crippen LogP contribution in [0.25, 0.3) is 11.5 Å². The fourth-order valence-corrected chi connectivity index (χ4v) is 2.47. The van der Waals surface area contributed by atoms with Gasteiger partial charge in [-0.25, -0.2) is 0 Å². The number of thioether (sulfide) groups is 1.